The number of aromatic nitrogens is 2. The molecule has 0 spiro atoms. The molecule has 3 N–H and O–H groups in total. The molecule has 3 aromatic rings. The quantitative estimate of drug-likeness (QED) is 0.508. The van der Waals surface area contributed by atoms with Gasteiger partial charge in [-0.3, -0.25) is 19.4 Å². The first-order chi connectivity index (χ1) is 15.5. The van der Waals surface area contributed by atoms with Gasteiger partial charge < -0.3 is 20.6 Å². The van der Waals surface area contributed by atoms with E-state index < -0.39 is 22.5 Å². The number of rotatable bonds is 5. The van der Waals surface area contributed by atoms with E-state index in [1.165, 1.54) is 17.2 Å². The highest BCUT2D eigenvalue weighted by Crippen LogP contribution is 2.45. The smallest absolute Gasteiger partial charge is 0.275 e. The highest BCUT2D eigenvalue weighted by Gasteiger charge is 2.38. The summed E-state index contributed by atoms with van der Waals surface area (Å²) in [7, 11) is 3.09. The van der Waals surface area contributed by atoms with Crippen molar-refractivity contribution in [3.05, 3.63) is 67.5 Å². The summed E-state index contributed by atoms with van der Waals surface area (Å²) < 4.78 is 0. The lowest BCUT2D eigenvalue weighted by Crippen LogP contribution is -2.41. The van der Waals surface area contributed by atoms with Gasteiger partial charge in [0.1, 0.15) is 11.4 Å². The Morgan fingerprint density at radius 1 is 1.15 bits per heavy atom. The summed E-state index contributed by atoms with van der Waals surface area (Å²) in [5, 5.41) is 16.7. The van der Waals surface area contributed by atoms with Crippen molar-refractivity contribution in [3.63, 3.8) is 0 Å². The molecule has 33 heavy (non-hydrogen) atoms. The Morgan fingerprint density at radius 3 is 2.55 bits per heavy atom. The van der Waals surface area contributed by atoms with Crippen molar-refractivity contribution in [2.75, 3.05) is 24.7 Å². The number of nitrogens with zero attached hydrogens (tertiary/aromatic N) is 3. The Balaban J connectivity index is 1.69. The fourth-order valence-electron chi connectivity index (χ4n) is 4.21. The summed E-state index contributed by atoms with van der Waals surface area (Å²) in [5.41, 5.74) is 1.58. The number of fused-ring (bicyclic) bond motifs is 1. The van der Waals surface area contributed by atoms with E-state index in [2.05, 4.69) is 34.4 Å². The van der Waals surface area contributed by atoms with Crippen molar-refractivity contribution >= 4 is 23.0 Å². The number of aryl methyl sites for hydroxylation is 2. The van der Waals surface area contributed by atoms with E-state index in [1.807, 2.05) is 19.1 Å². The van der Waals surface area contributed by atoms with Crippen LogP contribution < -0.4 is 21.5 Å². The number of nitrogens with one attached hydrogen (secondary N) is 2. The third-order valence-corrected chi connectivity index (χ3v) is 6.24. The van der Waals surface area contributed by atoms with Crippen LogP contribution in [0.25, 0.3) is 0 Å². The van der Waals surface area contributed by atoms with E-state index in [-0.39, 0.29) is 34.2 Å². The molecule has 4 rings (SSSR count). The first kappa shape index (κ1) is 22.4. The summed E-state index contributed by atoms with van der Waals surface area (Å²) in [6.45, 7) is 6.16. The van der Waals surface area contributed by atoms with Crippen molar-refractivity contribution in [1.29, 1.82) is 0 Å². The second-order valence-corrected chi connectivity index (χ2v) is 9.34. The predicted molar refractivity (Wildman–Crippen MR) is 126 cm³/mol. The van der Waals surface area contributed by atoms with Gasteiger partial charge in [-0.05, 0) is 42.9 Å². The molecular weight excluding hydrogens is 422 g/mol. The van der Waals surface area contributed by atoms with Crippen molar-refractivity contribution in [2.24, 2.45) is 5.41 Å². The first-order valence-electron chi connectivity index (χ1n) is 10.7. The Hall–Kier alpha value is -3.75. The number of carbonyl (C=O) groups is 1. The van der Waals surface area contributed by atoms with Crippen LogP contribution in [-0.4, -0.2) is 40.0 Å². The van der Waals surface area contributed by atoms with Gasteiger partial charge in [0, 0.05) is 31.7 Å². The minimum absolute atomic E-state index is 0.0488. The van der Waals surface area contributed by atoms with Crippen molar-refractivity contribution in [1.82, 2.24) is 14.9 Å². The zero-order valence-corrected chi connectivity index (χ0v) is 19.3. The molecule has 1 aliphatic carbocycles. The van der Waals surface area contributed by atoms with Crippen LogP contribution in [0.3, 0.4) is 0 Å². The topological polar surface area (TPSA) is 125 Å². The molecule has 1 unspecified atom stereocenters. The molecule has 1 atom stereocenters. The monoisotopic (exact) mass is 449 g/mol. The molecule has 1 aliphatic rings. The molecule has 1 aromatic carbocycles. The summed E-state index contributed by atoms with van der Waals surface area (Å²) in [6.07, 6.45) is 3.06. The fraction of sp³-hybridized carbons (Fsp3) is 0.375. The molecule has 0 aliphatic heterocycles. The first-order valence-corrected chi connectivity index (χ1v) is 10.7. The van der Waals surface area contributed by atoms with Crippen LogP contribution in [0.1, 0.15) is 53.7 Å². The van der Waals surface area contributed by atoms with Gasteiger partial charge in [0.25, 0.3) is 16.8 Å². The lowest BCUT2D eigenvalue weighted by molar-refractivity contribution is 0.0819. The van der Waals surface area contributed by atoms with Crippen molar-refractivity contribution in [3.8, 4) is 5.75 Å². The van der Waals surface area contributed by atoms with Gasteiger partial charge in [-0.15, -0.1) is 0 Å². The van der Waals surface area contributed by atoms with Gasteiger partial charge in [0.05, 0.1) is 11.7 Å². The highest BCUT2D eigenvalue weighted by atomic mass is 16.3. The fourth-order valence-corrected chi connectivity index (χ4v) is 4.21. The maximum atomic E-state index is 12.5. The molecular formula is C24H27N5O4. The molecule has 0 radical (unpaired) electrons. The Kier molecular flexibility index (Phi) is 5.43. The number of hydrogen-bond donors (Lipinski definition) is 3. The van der Waals surface area contributed by atoms with Crippen LogP contribution in [0.5, 0.6) is 5.75 Å². The van der Waals surface area contributed by atoms with E-state index in [1.54, 1.807) is 14.1 Å². The van der Waals surface area contributed by atoms with Gasteiger partial charge in [-0.1, -0.05) is 19.9 Å². The van der Waals surface area contributed by atoms with E-state index in [0.717, 1.165) is 29.8 Å². The van der Waals surface area contributed by atoms with E-state index >= 15 is 0 Å². The van der Waals surface area contributed by atoms with Crippen LogP contribution in [0.15, 0.2) is 34.0 Å². The van der Waals surface area contributed by atoms with Gasteiger partial charge in [-0.25, -0.2) is 4.98 Å². The number of amides is 1. The molecule has 2 aromatic heterocycles. The molecule has 9 heteroatoms. The SMILES string of the molecule is Cc1ccc2c(n1)CCC(C)(C)C2Nc1c(Nc2ccnc(C(=O)N(C)C)c2O)c(=O)c1=O. The van der Waals surface area contributed by atoms with E-state index in [4.69, 9.17) is 0 Å². The Morgan fingerprint density at radius 2 is 1.85 bits per heavy atom. The molecule has 0 fully saturated rings. The predicted octanol–water partition coefficient (Wildman–Crippen LogP) is 2.66. The molecule has 2 heterocycles. The second kappa shape index (κ2) is 7.99. The van der Waals surface area contributed by atoms with Crippen LogP contribution >= 0.6 is 0 Å². The average molecular weight is 450 g/mol. The summed E-state index contributed by atoms with van der Waals surface area (Å²) in [6, 6.07) is 5.17. The zero-order chi connectivity index (χ0) is 24.1. The maximum Gasteiger partial charge on any atom is 0.275 e. The molecule has 1 amide bonds. The molecule has 9 nitrogen and oxygen atoms in total. The summed E-state index contributed by atoms with van der Waals surface area (Å²) in [5.74, 6) is -0.874. The highest BCUT2D eigenvalue weighted by molar-refractivity contribution is 5.97. The van der Waals surface area contributed by atoms with Gasteiger partial charge in [0.2, 0.25) is 0 Å². The molecule has 0 saturated carbocycles. The number of aromatic hydroxyl groups is 1. The summed E-state index contributed by atoms with van der Waals surface area (Å²) >= 11 is 0. The number of pyridine rings is 2. The Bertz CT molecular complexity index is 1320. The molecule has 0 saturated heterocycles. The maximum absolute atomic E-state index is 12.5. The third kappa shape index (κ3) is 3.83. The largest absolute Gasteiger partial charge is 0.504 e. The van der Waals surface area contributed by atoms with Crippen molar-refractivity contribution < 1.29 is 9.90 Å². The minimum Gasteiger partial charge on any atom is -0.504 e. The van der Waals surface area contributed by atoms with Gasteiger partial charge in [-0.2, -0.15) is 0 Å². The van der Waals surface area contributed by atoms with Crippen LogP contribution in [0.4, 0.5) is 17.1 Å². The van der Waals surface area contributed by atoms with Crippen LogP contribution in [0.2, 0.25) is 0 Å². The second-order valence-electron chi connectivity index (χ2n) is 9.34. The average Bonchev–Trinajstić information content (AvgIpc) is 2.77. The van der Waals surface area contributed by atoms with Gasteiger partial charge >= 0.3 is 0 Å². The van der Waals surface area contributed by atoms with Crippen LogP contribution in [0, 0.1) is 12.3 Å². The van der Waals surface area contributed by atoms with E-state index in [9.17, 15) is 19.5 Å². The molecule has 0 bridgehead atoms. The summed E-state index contributed by atoms with van der Waals surface area (Å²) in [4.78, 5) is 47.1. The number of hydrogen-bond acceptors (Lipinski definition) is 8. The zero-order valence-electron chi connectivity index (χ0n) is 19.3. The number of carbonyl (C=O) groups excluding carboxylic acids is 1. The number of anilines is 3. The lowest BCUT2D eigenvalue weighted by atomic mass is 9.71. The standard InChI is InChI=1S/C24H27N5O4/c1-12-6-7-13-14(26-12)8-10-24(2,3)22(13)28-17-16(20(31)21(17)32)27-15-9-11-25-18(19(15)30)23(33)29(4)5/h6-7,9,11,22,28,30H,8,10H2,1-5H3,(H,25,27). The van der Waals surface area contributed by atoms with Gasteiger partial charge in [0.15, 0.2) is 11.4 Å². The Labute approximate surface area is 191 Å². The van der Waals surface area contributed by atoms with E-state index in [0.29, 0.717) is 0 Å². The third-order valence-electron chi connectivity index (χ3n) is 6.24. The van der Waals surface area contributed by atoms with Crippen LogP contribution in [-0.2, 0) is 6.42 Å². The lowest BCUT2D eigenvalue weighted by Gasteiger charge is -2.41. The normalized spacial score (nSPS) is 16.8. The van der Waals surface area contributed by atoms with Crippen molar-refractivity contribution in [2.45, 2.75) is 39.7 Å². The minimum atomic E-state index is -0.690. The molecule has 172 valence electrons.